The number of hydrogen-bond donors (Lipinski definition) is 2. The zero-order valence-electron chi connectivity index (χ0n) is 22.4. The predicted molar refractivity (Wildman–Crippen MR) is 146 cm³/mol. The number of ether oxygens (including phenoxy) is 2. The van der Waals surface area contributed by atoms with Crippen molar-refractivity contribution in [3.05, 3.63) is 96.2 Å². The zero-order chi connectivity index (χ0) is 27.2. The summed E-state index contributed by atoms with van der Waals surface area (Å²) in [5.74, 6) is 1.33. The summed E-state index contributed by atoms with van der Waals surface area (Å²) in [4.78, 5) is 4.72. The Balaban J connectivity index is 1.42. The summed E-state index contributed by atoms with van der Waals surface area (Å²) in [6.07, 6.45) is 11.4. The number of unbranched alkanes of at least 4 members (excludes halogenated alkanes) is 1. The van der Waals surface area contributed by atoms with Crippen LogP contribution in [0.5, 0.6) is 0 Å². The molecule has 5 rings (SSSR count). The van der Waals surface area contributed by atoms with Crippen molar-refractivity contribution in [1.29, 1.82) is 0 Å². The first kappa shape index (κ1) is 26.5. The smallest absolute Gasteiger partial charge is 0.205 e. The van der Waals surface area contributed by atoms with E-state index in [1.165, 1.54) is 5.06 Å². The Morgan fingerprint density at radius 1 is 1.05 bits per heavy atom. The molecule has 10 heteroatoms. The van der Waals surface area contributed by atoms with Gasteiger partial charge in [-0.1, -0.05) is 74.4 Å². The second kappa shape index (κ2) is 11.7. The predicted octanol–water partition coefficient (Wildman–Crippen LogP) is 4.93. The van der Waals surface area contributed by atoms with Crippen molar-refractivity contribution in [3.63, 3.8) is 0 Å². The quantitative estimate of drug-likeness (QED) is 0.264. The number of hydrogen-bond acceptors (Lipinski definition) is 8. The molecule has 2 aromatic carbocycles. The highest BCUT2D eigenvalue weighted by atomic mass is 16.7. The number of aromatic nitrogens is 6. The molecule has 0 radical (unpaired) electrons. The number of aromatic amines is 1. The van der Waals surface area contributed by atoms with Crippen LogP contribution in [0.2, 0.25) is 0 Å². The molecule has 1 aliphatic rings. The average molecular weight is 528 g/mol. The summed E-state index contributed by atoms with van der Waals surface area (Å²) in [5, 5.41) is 27.1. The van der Waals surface area contributed by atoms with Crippen molar-refractivity contribution in [3.8, 4) is 22.5 Å². The molecule has 0 amide bonds. The molecule has 2 N–H and O–H groups in total. The van der Waals surface area contributed by atoms with Crippen molar-refractivity contribution in [2.75, 3.05) is 14.2 Å². The number of hydroxylamine groups is 2. The Kier molecular flexibility index (Phi) is 7.97. The van der Waals surface area contributed by atoms with E-state index in [1.54, 1.807) is 26.6 Å². The van der Waals surface area contributed by atoms with E-state index in [9.17, 15) is 5.21 Å². The molecular weight excluding hydrogens is 494 g/mol. The van der Waals surface area contributed by atoms with Crippen molar-refractivity contribution >= 4 is 0 Å². The highest BCUT2D eigenvalue weighted by Crippen LogP contribution is 2.38. The molecule has 4 aromatic rings. The van der Waals surface area contributed by atoms with E-state index in [-0.39, 0.29) is 0 Å². The van der Waals surface area contributed by atoms with Crippen LogP contribution in [0.4, 0.5) is 0 Å². The molecule has 0 spiro atoms. The summed E-state index contributed by atoms with van der Waals surface area (Å²) < 4.78 is 12.9. The lowest BCUT2D eigenvalue weighted by molar-refractivity contribution is -0.131. The number of benzene rings is 2. The fraction of sp³-hybridized carbons (Fsp3) is 0.310. The summed E-state index contributed by atoms with van der Waals surface area (Å²) in [7, 11) is 3.15. The molecule has 0 bridgehead atoms. The zero-order valence-corrected chi connectivity index (χ0v) is 22.4. The van der Waals surface area contributed by atoms with Gasteiger partial charge >= 0.3 is 0 Å². The Hall–Kier alpha value is -4.12. The Bertz CT molecular complexity index is 1430. The Morgan fingerprint density at radius 3 is 2.49 bits per heavy atom. The lowest BCUT2D eigenvalue weighted by atomic mass is 9.87. The van der Waals surface area contributed by atoms with Gasteiger partial charge in [-0.25, -0.2) is 10.0 Å². The maximum absolute atomic E-state index is 11.3. The lowest BCUT2D eigenvalue weighted by Gasteiger charge is -2.40. The highest BCUT2D eigenvalue weighted by Gasteiger charge is 2.40. The summed E-state index contributed by atoms with van der Waals surface area (Å²) in [6, 6.07) is 16.4. The van der Waals surface area contributed by atoms with E-state index in [4.69, 9.17) is 14.5 Å². The topological polar surface area (TPSA) is 114 Å². The van der Waals surface area contributed by atoms with Gasteiger partial charge in [0, 0.05) is 50.5 Å². The van der Waals surface area contributed by atoms with Crippen LogP contribution in [0.15, 0.2) is 84.8 Å². The van der Waals surface area contributed by atoms with Gasteiger partial charge in [0.1, 0.15) is 11.4 Å². The minimum Gasteiger partial charge on any atom is -0.352 e. The second-order valence-corrected chi connectivity index (χ2v) is 9.49. The number of nitrogens with zero attached hydrogens (tertiary/aromatic N) is 6. The number of methoxy groups -OCH3 is 2. The number of rotatable bonds is 11. The molecule has 0 saturated carbocycles. The van der Waals surface area contributed by atoms with Crippen LogP contribution in [0.3, 0.4) is 0 Å². The second-order valence-electron chi connectivity index (χ2n) is 9.49. The molecule has 3 heterocycles. The number of nitrogens with one attached hydrogen (secondary N) is 1. The van der Waals surface area contributed by atoms with Crippen molar-refractivity contribution in [1.82, 2.24) is 35.2 Å². The van der Waals surface area contributed by atoms with Gasteiger partial charge < -0.3 is 14.0 Å². The average Bonchev–Trinajstić information content (AvgIpc) is 3.67. The SMILES string of the molecule is CCCCC1(c2nccn2Cc2ccc(-c3ccccc3-c3nn[nH]n3)cc2)C=CC(C(OC)OC)=CN1O. The summed E-state index contributed by atoms with van der Waals surface area (Å²) in [6.45, 7) is 2.74. The Morgan fingerprint density at radius 2 is 1.82 bits per heavy atom. The summed E-state index contributed by atoms with van der Waals surface area (Å²) >= 11 is 0. The van der Waals surface area contributed by atoms with Crippen LogP contribution in [-0.4, -0.2) is 61.0 Å². The molecule has 0 aliphatic carbocycles. The van der Waals surface area contributed by atoms with E-state index in [0.29, 0.717) is 18.8 Å². The maximum atomic E-state index is 11.3. The third-order valence-corrected chi connectivity index (χ3v) is 7.08. The fourth-order valence-corrected chi connectivity index (χ4v) is 5.06. The molecule has 2 aromatic heterocycles. The van der Waals surface area contributed by atoms with Crippen molar-refractivity contribution < 1.29 is 14.7 Å². The maximum Gasteiger partial charge on any atom is 0.205 e. The lowest BCUT2D eigenvalue weighted by Crippen LogP contribution is -2.44. The minimum atomic E-state index is -0.807. The van der Waals surface area contributed by atoms with Gasteiger partial charge in [-0.3, -0.25) is 5.21 Å². The van der Waals surface area contributed by atoms with Gasteiger partial charge in [-0.05, 0) is 34.4 Å². The normalized spacial score (nSPS) is 17.2. The van der Waals surface area contributed by atoms with Gasteiger partial charge in [-0.2, -0.15) is 5.21 Å². The molecule has 1 atom stereocenters. The van der Waals surface area contributed by atoms with Crippen molar-refractivity contribution in [2.24, 2.45) is 0 Å². The molecule has 10 nitrogen and oxygen atoms in total. The molecule has 0 fully saturated rings. The first-order valence-electron chi connectivity index (χ1n) is 13.0. The van der Waals surface area contributed by atoms with E-state index < -0.39 is 11.8 Å². The highest BCUT2D eigenvalue weighted by molar-refractivity contribution is 5.80. The summed E-state index contributed by atoms with van der Waals surface area (Å²) in [5.41, 5.74) is 4.04. The standard InChI is InChI=1S/C29H33N7O3/c1-4-5-15-29(16-14-23(20-36(29)37)27(38-2)39-3)28-30-17-18-35(28)19-21-10-12-22(13-11-21)24-8-6-7-9-25(24)26-31-33-34-32-26/h6-14,16-18,20,27,37H,4-5,15,19H2,1-3H3,(H,31,32,33,34). The minimum absolute atomic E-state index is 0.559. The Labute approximate surface area is 227 Å². The molecule has 202 valence electrons. The molecule has 1 unspecified atom stereocenters. The van der Waals surface area contributed by atoms with Crippen molar-refractivity contribution in [2.45, 2.75) is 44.6 Å². The molecule has 1 aliphatic heterocycles. The van der Waals surface area contributed by atoms with Crippen LogP contribution in [-0.2, 0) is 21.6 Å². The van der Waals surface area contributed by atoms with Gasteiger partial charge in [0.05, 0.1) is 0 Å². The third-order valence-electron chi connectivity index (χ3n) is 7.08. The van der Waals surface area contributed by atoms with Crippen LogP contribution in [0, 0.1) is 0 Å². The van der Waals surface area contributed by atoms with E-state index >= 15 is 0 Å². The largest absolute Gasteiger partial charge is 0.352 e. The van der Waals surface area contributed by atoms with E-state index in [0.717, 1.165) is 46.5 Å². The van der Waals surface area contributed by atoms with E-state index in [2.05, 4.69) is 62.4 Å². The van der Waals surface area contributed by atoms with Gasteiger partial charge in [0.15, 0.2) is 6.29 Å². The van der Waals surface area contributed by atoms with Gasteiger partial charge in [0.25, 0.3) is 0 Å². The van der Waals surface area contributed by atoms with Crippen LogP contribution in [0.25, 0.3) is 22.5 Å². The first-order valence-corrected chi connectivity index (χ1v) is 13.0. The molecule has 0 saturated heterocycles. The van der Waals surface area contributed by atoms with Crippen LogP contribution >= 0.6 is 0 Å². The third kappa shape index (κ3) is 5.26. The van der Waals surface area contributed by atoms with Gasteiger partial charge in [0.2, 0.25) is 5.82 Å². The number of H-pyrrole nitrogens is 1. The molecule has 39 heavy (non-hydrogen) atoms. The van der Waals surface area contributed by atoms with Crippen LogP contribution < -0.4 is 0 Å². The van der Waals surface area contributed by atoms with Crippen LogP contribution in [0.1, 0.15) is 37.6 Å². The van der Waals surface area contributed by atoms with E-state index in [1.807, 2.05) is 36.5 Å². The number of imidazole rings is 1. The molecular formula is C29H33N7O3. The fourth-order valence-electron chi connectivity index (χ4n) is 5.06. The van der Waals surface area contributed by atoms with Gasteiger partial charge in [-0.15, -0.1) is 10.2 Å². The number of tetrazole rings is 1. The first-order chi connectivity index (χ1) is 19.1. The monoisotopic (exact) mass is 527 g/mol.